The van der Waals surface area contributed by atoms with Gasteiger partial charge in [0.25, 0.3) is 0 Å². The second-order valence-corrected chi connectivity index (χ2v) is 20.7. The fraction of sp³-hybridized carbons (Fsp3) is 0.724. The Labute approximate surface area is 418 Å². The largest absolute Gasteiger partial charge is 0.472 e. The molecule has 0 saturated heterocycles. The molecule has 0 radical (unpaired) electrons. The summed E-state index contributed by atoms with van der Waals surface area (Å²) >= 11 is 0. The topological polar surface area (TPSA) is 108 Å². The van der Waals surface area contributed by atoms with Crippen molar-refractivity contribution in [3.63, 3.8) is 0 Å². The number of likely N-dealkylation sites (N-methyl/N-ethyl adjacent to an activating group) is 1. The highest BCUT2D eigenvalue weighted by Gasteiger charge is 2.27. The van der Waals surface area contributed by atoms with E-state index < -0.39 is 26.5 Å². The first kappa shape index (κ1) is 65.2. The number of nitrogens with zero attached hydrogens (tertiary/aromatic N) is 1. The third-order valence-corrected chi connectivity index (χ3v) is 12.4. The Balaban J connectivity index is 4.27. The molecule has 10 heteroatoms. The molecular formula is C58H103NO8P+. The van der Waals surface area contributed by atoms with Crippen molar-refractivity contribution in [2.45, 2.75) is 225 Å². The molecular weight excluding hydrogens is 870 g/mol. The maximum atomic E-state index is 12.8. The number of unbranched alkanes of at least 4 members (excludes halogenated alkanes) is 21. The van der Waals surface area contributed by atoms with Gasteiger partial charge in [-0.2, -0.15) is 0 Å². The number of carbonyl (C=O) groups excluding carboxylic acids is 2. The van der Waals surface area contributed by atoms with Gasteiger partial charge >= 0.3 is 19.8 Å². The second kappa shape index (κ2) is 49.2. The number of hydrogen-bond donors (Lipinski definition) is 1. The molecule has 0 rings (SSSR count). The van der Waals surface area contributed by atoms with E-state index >= 15 is 0 Å². The Morgan fingerprint density at radius 3 is 1.25 bits per heavy atom. The molecule has 0 aromatic heterocycles. The van der Waals surface area contributed by atoms with Gasteiger partial charge in [0.15, 0.2) is 6.10 Å². The van der Waals surface area contributed by atoms with Gasteiger partial charge in [-0.3, -0.25) is 18.6 Å². The monoisotopic (exact) mass is 973 g/mol. The molecule has 0 saturated carbocycles. The molecule has 2 atom stereocenters. The quantitative estimate of drug-likeness (QED) is 0.0211. The van der Waals surface area contributed by atoms with Crippen LogP contribution in [0.4, 0.5) is 0 Å². The van der Waals surface area contributed by atoms with Crippen LogP contribution in [0.15, 0.2) is 85.1 Å². The number of phosphoric ester groups is 1. The average molecular weight is 973 g/mol. The lowest BCUT2D eigenvalue weighted by atomic mass is 10.0. The Bertz CT molecular complexity index is 1420. The van der Waals surface area contributed by atoms with Gasteiger partial charge in [-0.15, -0.1) is 0 Å². The van der Waals surface area contributed by atoms with Gasteiger partial charge in [-0.1, -0.05) is 221 Å². The predicted molar refractivity (Wildman–Crippen MR) is 289 cm³/mol. The molecule has 0 aliphatic heterocycles. The van der Waals surface area contributed by atoms with Crippen LogP contribution in [0.1, 0.15) is 219 Å². The number of allylic oxidation sites excluding steroid dienone is 14. The summed E-state index contributed by atoms with van der Waals surface area (Å²) in [6, 6.07) is 0. The lowest BCUT2D eigenvalue weighted by Gasteiger charge is -2.24. The van der Waals surface area contributed by atoms with Crippen molar-refractivity contribution in [3.05, 3.63) is 85.1 Å². The third kappa shape index (κ3) is 52.6. The van der Waals surface area contributed by atoms with Crippen LogP contribution in [0, 0.1) is 0 Å². The van der Waals surface area contributed by atoms with E-state index in [1.165, 1.54) is 89.9 Å². The zero-order chi connectivity index (χ0) is 49.9. The number of ether oxygens (including phenoxy) is 2. The molecule has 0 aliphatic rings. The van der Waals surface area contributed by atoms with Crippen LogP contribution in [0.5, 0.6) is 0 Å². The van der Waals surface area contributed by atoms with E-state index in [1.54, 1.807) is 0 Å². The third-order valence-electron chi connectivity index (χ3n) is 11.4. The smallest absolute Gasteiger partial charge is 0.462 e. The van der Waals surface area contributed by atoms with Crippen molar-refractivity contribution >= 4 is 19.8 Å². The molecule has 0 aliphatic carbocycles. The van der Waals surface area contributed by atoms with Gasteiger partial charge in [0.1, 0.15) is 19.8 Å². The van der Waals surface area contributed by atoms with Crippen LogP contribution in [-0.4, -0.2) is 74.9 Å². The zero-order valence-corrected chi connectivity index (χ0v) is 45.2. The average Bonchev–Trinajstić information content (AvgIpc) is 3.30. The molecule has 1 N–H and O–H groups in total. The van der Waals surface area contributed by atoms with Crippen molar-refractivity contribution < 1.29 is 42.1 Å². The molecule has 0 amide bonds. The Morgan fingerprint density at radius 1 is 0.471 bits per heavy atom. The van der Waals surface area contributed by atoms with Crippen LogP contribution >= 0.6 is 7.82 Å². The molecule has 0 spiro atoms. The van der Waals surface area contributed by atoms with Crippen LogP contribution in [0.3, 0.4) is 0 Å². The first-order valence-corrected chi connectivity index (χ1v) is 28.8. The highest BCUT2D eigenvalue weighted by molar-refractivity contribution is 7.47. The molecule has 68 heavy (non-hydrogen) atoms. The summed E-state index contributed by atoms with van der Waals surface area (Å²) in [4.78, 5) is 35.6. The summed E-state index contributed by atoms with van der Waals surface area (Å²) < 4.78 is 34.5. The molecule has 2 unspecified atom stereocenters. The van der Waals surface area contributed by atoms with E-state index in [2.05, 4.69) is 98.9 Å². The van der Waals surface area contributed by atoms with E-state index in [0.29, 0.717) is 17.4 Å². The first-order chi connectivity index (χ1) is 33.0. The Morgan fingerprint density at radius 2 is 0.838 bits per heavy atom. The van der Waals surface area contributed by atoms with Crippen molar-refractivity contribution in [2.75, 3.05) is 47.5 Å². The first-order valence-electron chi connectivity index (χ1n) is 27.3. The SMILES string of the molecule is CC/C=C\C/C=C\C/C=C\C/C=C\C/C=C\C/C=C\C/C=C\CCCCCCCC(=O)OC(COC(=O)CCCCCCCCCCCCCCCCCCC)COP(=O)(O)OCC[N+](C)(C)C. The summed E-state index contributed by atoms with van der Waals surface area (Å²) in [6.07, 6.45) is 64.9. The van der Waals surface area contributed by atoms with Gasteiger partial charge in [0, 0.05) is 12.8 Å². The van der Waals surface area contributed by atoms with Gasteiger partial charge in [-0.25, -0.2) is 4.57 Å². The fourth-order valence-corrected chi connectivity index (χ4v) is 7.97. The lowest BCUT2D eigenvalue weighted by Crippen LogP contribution is -2.37. The van der Waals surface area contributed by atoms with Crippen LogP contribution < -0.4 is 0 Å². The van der Waals surface area contributed by atoms with Gasteiger partial charge < -0.3 is 18.9 Å². The van der Waals surface area contributed by atoms with Gasteiger partial charge in [-0.05, 0) is 70.6 Å². The molecule has 0 heterocycles. The Hall–Kier alpha value is -2.81. The predicted octanol–water partition coefficient (Wildman–Crippen LogP) is 16.7. The molecule has 0 aromatic rings. The zero-order valence-electron chi connectivity index (χ0n) is 44.3. The minimum Gasteiger partial charge on any atom is -0.462 e. The second-order valence-electron chi connectivity index (χ2n) is 19.2. The molecule has 392 valence electrons. The van der Waals surface area contributed by atoms with E-state index in [0.717, 1.165) is 96.3 Å². The number of quaternary nitrogens is 1. The van der Waals surface area contributed by atoms with E-state index in [9.17, 15) is 19.0 Å². The minimum absolute atomic E-state index is 0.0245. The minimum atomic E-state index is -4.39. The van der Waals surface area contributed by atoms with E-state index in [4.69, 9.17) is 18.5 Å². The highest BCUT2D eigenvalue weighted by atomic mass is 31.2. The molecule has 0 fully saturated rings. The van der Waals surface area contributed by atoms with E-state index in [-0.39, 0.29) is 32.0 Å². The van der Waals surface area contributed by atoms with Crippen LogP contribution in [-0.2, 0) is 32.7 Å². The molecule has 0 bridgehead atoms. The number of phosphoric acid groups is 1. The Kier molecular flexibility index (Phi) is 47.2. The normalized spacial score (nSPS) is 14.0. The summed E-state index contributed by atoms with van der Waals surface area (Å²) in [6.45, 7) is 4.30. The molecule has 0 aromatic carbocycles. The summed E-state index contributed by atoms with van der Waals surface area (Å²) in [5, 5.41) is 0. The van der Waals surface area contributed by atoms with Gasteiger partial charge in [0.2, 0.25) is 0 Å². The number of hydrogen-bond acceptors (Lipinski definition) is 7. The van der Waals surface area contributed by atoms with Crippen molar-refractivity contribution in [1.82, 2.24) is 0 Å². The summed E-state index contributed by atoms with van der Waals surface area (Å²) in [5.41, 5.74) is 0. The van der Waals surface area contributed by atoms with E-state index in [1.807, 2.05) is 21.1 Å². The van der Waals surface area contributed by atoms with Crippen LogP contribution in [0.2, 0.25) is 0 Å². The van der Waals surface area contributed by atoms with Crippen molar-refractivity contribution in [2.24, 2.45) is 0 Å². The highest BCUT2D eigenvalue weighted by Crippen LogP contribution is 2.43. The van der Waals surface area contributed by atoms with Crippen molar-refractivity contribution in [1.29, 1.82) is 0 Å². The lowest BCUT2D eigenvalue weighted by molar-refractivity contribution is -0.870. The maximum Gasteiger partial charge on any atom is 0.472 e. The number of rotatable bonds is 49. The number of esters is 2. The standard InChI is InChI=1S/C58H102NO8P/c1-6-8-10-12-14-16-18-20-22-24-25-26-27-28-29-30-31-32-33-35-37-39-41-43-45-47-49-51-58(61)67-56(55-66-68(62,63)65-53-52-59(3,4)5)54-64-57(60)50-48-46-44-42-40-38-36-34-23-21-19-17-15-13-11-9-7-2/h8,10,14,16,20,22,25-26,28-29,31-32,35,37,56H,6-7,9,11-13,15,17-19,21,23-24,27,30,33-34,36,38-55H2,1-5H3/p+1/b10-8-,16-14-,22-20-,26-25-,29-28-,32-31-,37-35-. The number of carbonyl (C=O) groups is 2. The van der Waals surface area contributed by atoms with Crippen molar-refractivity contribution in [3.8, 4) is 0 Å². The van der Waals surface area contributed by atoms with Gasteiger partial charge in [0.05, 0.1) is 27.7 Å². The maximum absolute atomic E-state index is 12.8. The summed E-state index contributed by atoms with van der Waals surface area (Å²) in [5.74, 6) is -0.819. The fourth-order valence-electron chi connectivity index (χ4n) is 7.23. The molecule has 9 nitrogen and oxygen atoms in total. The van der Waals surface area contributed by atoms with Crippen LogP contribution in [0.25, 0.3) is 0 Å². The summed E-state index contributed by atoms with van der Waals surface area (Å²) in [7, 11) is 1.46.